The largest absolute Gasteiger partial charge is 0.464 e. The molecule has 0 spiro atoms. The van der Waals surface area contributed by atoms with Gasteiger partial charge in [-0.15, -0.1) is 0 Å². The van der Waals surface area contributed by atoms with E-state index in [1.54, 1.807) is 6.92 Å². The lowest BCUT2D eigenvalue weighted by Gasteiger charge is -2.03. The van der Waals surface area contributed by atoms with Crippen LogP contribution in [0.4, 0.5) is 0 Å². The lowest BCUT2D eigenvalue weighted by atomic mass is 10.7. The molecule has 0 aromatic rings. The molecule has 12 heavy (non-hydrogen) atoms. The summed E-state index contributed by atoms with van der Waals surface area (Å²) in [6.07, 6.45) is 0. The van der Waals surface area contributed by atoms with Gasteiger partial charge in [0.2, 0.25) is 0 Å². The first-order valence-electron chi connectivity index (χ1n) is 3.68. The molecule has 0 bridgehead atoms. The Morgan fingerprint density at radius 1 is 1.33 bits per heavy atom. The molecule has 0 heterocycles. The molecule has 0 aliphatic rings. The first-order valence-corrected chi connectivity index (χ1v) is 4.21. The minimum absolute atomic E-state index is 0.0283. The van der Waals surface area contributed by atoms with Crippen LogP contribution in [0.5, 0.6) is 0 Å². The second-order valence-electron chi connectivity index (χ2n) is 1.87. The first-order chi connectivity index (χ1) is 5.81. The highest BCUT2D eigenvalue weighted by Crippen LogP contribution is 1.83. The van der Waals surface area contributed by atoms with Crippen molar-refractivity contribution in [2.75, 3.05) is 32.5 Å². The zero-order valence-corrected chi connectivity index (χ0v) is 7.80. The van der Waals surface area contributed by atoms with Crippen LogP contribution in [0.25, 0.3) is 0 Å². The summed E-state index contributed by atoms with van der Waals surface area (Å²) in [5.74, 6) is -0.358. The van der Waals surface area contributed by atoms with Crippen molar-refractivity contribution in [1.82, 2.24) is 0 Å². The Bertz CT molecular complexity index is 118. The Morgan fingerprint density at radius 3 is 2.58 bits per heavy atom. The van der Waals surface area contributed by atoms with Crippen LogP contribution in [-0.2, 0) is 19.0 Å². The molecule has 0 aromatic carbocycles. The van der Waals surface area contributed by atoms with Crippen LogP contribution in [0.2, 0.25) is 0 Å². The molecule has 0 fully saturated rings. The maximum atomic E-state index is 10.7. The highest BCUT2D eigenvalue weighted by molar-refractivity contribution is 6.17. The molecule has 0 rings (SSSR count). The molecule has 72 valence electrons. The lowest BCUT2D eigenvalue weighted by molar-refractivity contribution is -0.148. The van der Waals surface area contributed by atoms with Crippen LogP contribution in [0.3, 0.4) is 0 Å². The number of alkyl halides is 1. The van der Waals surface area contributed by atoms with Crippen LogP contribution >= 0.6 is 11.6 Å². The molecule has 0 radical (unpaired) electrons. The number of rotatable bonds is 7. The minimum atomic E-state index is -0.358. The Kier molecular flexibility index (Phi) is 8.54. The average Bonchev–Trinajstić information content (AvgIpc) is 2.05. The Labute approximate surface area is 76.7 Å². The van der Waals surface area contributed by atoms with Gasteiger partial charge in [-0.25, -0.2) is 4.79 Å². The van der Waals surface area contributed by atoms with Gasteiger partial charge < -0.3 is 14.2 Å². The molecule has 0 saturated heterocycles. The summed E-state index contributed by atoms with van der Waals surface area (Å²) in [7, 11) is 0. The second kappa shape index (κ2) is 8.77. The molecule has 0 aromatic heterocycles. The van der Waals surface area contributed by atoms with Crippen molar-refractivity contribution in [2.24, 2.45) is 0 Å². The molecule has 0 atom stereocenters. The summed E-state index contributed by atoms with van der Waals surface area (Å²) >= 11 is 5.22. The summed E-state index contributed by atoms with van der Waals surface area (Å²) in [5, 5.41) is 0. The van der Waals surface area contributed by atoms with E-state index in [-0.39, 0.29) is 18.6 Å². The predicted octanol–water partition coefficient (Wildman–Crippen LogP) is 0.779. The molecule has 0 aliphatic heterocycles. The smallest absolute Gasteiger partial charge is 0.332 e. The quantitative estimate of drug-likeness (QED) is 0.343. The van der Waals surface area contributed by atoms with E-state index in [9.17, 15) is 4.79 Å². The van der Waals surface area contributed by atoms with Gasteiger partial charge in [0.05, 0.1) is 19.8 Å². The van der Waals surface area contributed by atoms with Gasteiger partial charge in [0, 0.05) is 0 Å². The third-order valence-electron chi connectivity index (χ3n) is 0.974. The molecular weight excluding hydrogens is 184 g/mol. The summed E-state index contributed by atoms with van der Waals surface area (Å²) in [6.45, 7) is 2.84. The summed E-state index contributed by atoms with van der Waals surface area (Å²) in [4.78, 5) is 10.7. The fraction of sp³-hybridized carbons (Fsp3) is 0.857. The second-order valence-corrected chi connectivity index (χ2v) is 2.09. The zero-order valence-electron chi connectivity index (χ0n) is 7.05. The molecule has 0 aliphatic carbocycles. The summed E-state index contributed by atoms with van der Waals surface area (Å²) in [6, 6.07) is 0.142. The topological polar surface area (TPSA) is 44.8 Å². The molecule has 0 saturated carbocycles. The standard InChI is InChI=1S/C7H13ClO4/c1-2-12-7(9)5-10-3-4-11-6-8/h2-6H2,1H3. The van der Waals surface area contributed by atoms with E-state index in [1.807, 2.05) is 0 Å². The van der Waals surface area contributed by atoms with Crippen LogP contribution in [-0.4, -0.2) is 38.5 Å². The fourth-order valence-corrected chi connectivity index (χ4v) is 0.640. The monoisotopic (exact) mass is 196 g/mol. The van der Waals surface area contributed by atoms with Crippen LogP contribution in [0.1, 0.15) is 6.92 Å². The van der Waals surface area contributed by atoms with E-state index in [0.29, 0.717) is 19.8 Å². The minimum Gasteiger partial charge on any atom is -0.464 e. The van der Waals surface area contributed by atoms with Crippen molar-refractivity contribution in [3.05, 3.63) is 0 Å². The Hall–Kier alpha value is -0.320. The number of halogens is 1. The van der Waals surface area contributed by atoms with Crippen molar-refractivity contribution in [3.8, 4) is 0 Å². The summed E-state index contributed by atoms with van der Waals surface area (Å²) in [5.41, 5.74) is 0. The zero-order chi connectivity index (χ0) is 9.23. The highest BCUT2D eigenvalue weighted by Gasteiger charge is 1.99. The van der Waals surface area contributed by atoms with Crippen molar-refractivity contribution in [1.29, 1.82) is 0 Å². The van der Waals surface area contributed by atoms with Gasteiger partial charge in [-0.05, 0) is 6.92 Å². The van der Waals surface area contributed by atoms with E-state index in [4.69, 9.17) is 21.1 Å². The number of hydrogen-bond acceptors (Lipinski definition) is 4. The molecule has 0 unspecified atom stereocenters. The molecule has 4 nitrogen and oxygen atoms in total. The Balaban J connectivity index is 3.03. The number of carbonyl (C=O) groups is 1. The predicted molar refractivity (Wildman–Crippen MR) is 44.1 cm³/mol. The summed E-state index contributed by atoms with van der Waals surface area (Å²) < 4.78 is 14.3. The van der Waals surface area contributed by atoms with E-state index >= 15 is 0 Å². The van der Waals surface area contributed by atoms with Crippen molar-refractivity contribution in [3.63, 3.8) is 0 Å². The maximum absolute atomic E-state index is 10.7. The van der Waals surface area contributed by atoms with E-state index in [0.717, 1.165) is 0 Å². The SMILES string of the molecule is CCOC(=O)COCCOCCl. The lowest BCUT2D eigenvalue weighted by Crippen LogP contribution is -2.14. The fourth-order valence-electron chi connectivity index (χ4n) is 0.531. The number of carbonyl (C=O) groups excluding carboxylic acids is 1. The third-order valence-corrected chi connectivity index (χ3v) is 1.13. The number of ether oxygens (including phenoxy) is 3. The van der Waals surface area contributed by atoms with Gasteiger partial charge in [-0.2, -0.15) is 0 Å². The third kappa shape index (κ3) is 7.78. The highest BCUT2D eigenvalue weighted by atomic mass is 35.5. The number of esters is 1. The van der Waals surface area contributed by atoms with Crippen molar-refractivity contribution < 1.29 is 19.0 Å². The molecule has 0 N–H and O–H groups in total. The normalized spacial score (nSPS) is 9.83. The van der Waals surface area contributed by atoms with Crippen LogP contribution in [0.15, 0.2) is 0 Å². The van der Waals surface area contributed by atoms with E-state index in [1.165, 1.54) is 0 Å². The van der Waals surface area contributed by atoms with Gasteiger partial charge in [0.1, 0.15) is 12.7 Å². The maximum Gasteiger partial charge on any atom is 0.332 e. The van der Waals surface area contributed by atoms with Crippen LogP contribution < -0.4 is 0 Å². The van der Waals surface area contributed by atoms with Gasteiger partial charge in [-0.3, -0.25) is 0 Å². The first kappa shape index (κ1) is 11.7. The van der Waals surface area contributed by atoms with Gasteiger partial charge in [0.15, 0.2) is 0 Å². The van der Waals surface area contributed by atoms with Crippen molar-refractivity contribution in [2.45, 2.75) is 6.92 Å². The molecular formula is C7H13ClO4. The number of hydrogen-bond donors (Lipinski definition) is 0. The van der Waals surface area contributed by atoms with Gasteiger partial charge in [0.25, 0.3) is 0 Å². The van der Waals surface area contributed by atoms with Crippen molar-refractivity contribution >= 4 is 17.6 Å². The molecule has 5 heteroatoms. The van der Waals surface area contributed by atoms with E-state index in [2.05, 4.69) is 4.74 Å². The molecule has 0 amide bonds. The van der Waals surface area contributed by atoms with E-state index < -0.39 is 0 Å². The van der Waals surface area contributed by atoms with Crippen LogP contribution in [0, 0.1) is 0 Å². The Morgan fingerprint density at radius 2 is 2.00 bits per heavy atom. The average molecular weight is 197 g/mol. The van der Waals surface area contributed by atoms with Gasteiger partial charge in [-0.1, -0.05) is 11.6 Å². The van der Waals surface area contributed by atoms with Gasteiger partial charge >= 0.3 is 5.97 Å².